The molecule has 0 unspecified atom stereocenters. The van der Waals surface area contributed by atoms with Crippen molar-refractivity contribution in [3.8, 4) is 0 Å². The minimum absolute atomic E-state index is 0.0253. The number of hydrogen-bond acceptors (Lipinski definition) is 5. The van der Waals surface area contributed by atoms with Gasteiger partial charge in [-0.2, -0.15) is 0 Å². The fourth-order valence-electron chi connectivity index (χ4n) is 2.36. The fourth-order valence-corrected chi connectivity index (χ4v) is 2.36. The molecule has 0 saturated heterocycles. The molecule has 1 N–H and O–H groups in total. The van der Waals surface area contributed by atoms with Gasteiger partial charge in [-0.1, -0.05) is 28.9 Å². The zero-order chi connectivity index (χ0) is 21.2. The molecule has 0 spiro atoms. The smallest absolute Gasteiger partial charge is 0.306 e. The van der Waals surface area contributed by atoms with Gasteiger partial charge in [-0.05, 0) is 72.3 Å². The van der Waals surface area contributed by atoms with Crippen molar-refractivity contribution in [1.29, 1.82) is 0 Å². The number of esters is 2. The van der Waals surface area contributed by atoms with E-state index in [0.717, 1.165) is 25.7 Å². The van der Waals surface area contributed by atoms with Crippen molar-refractivity contribution < 1.29 is 24.2 Å². The summed E-state index contributed by atoms with van der Waals surface area (Å²) in [5, 5.41) is 8.64. The first-order valence-electron chi connectivity index (χ1n) is 10.2. The van der Waals surface area contributed by atoms with E-state index in [4.69, 9.17) is 14.6 Å². The maximum Gasteiger partial charge on any atom is 0.306 e. The number of aliphatic hydroxyl groups excluding tert-OH is 1. The number of carbonyl (C=O) groups excluding carboxylic acids is 2. The molecule has 0 rings (SSSR count). The van der Waals surface area contributed by atoms with Gasteiger partial charge in [0.1, 0.15) is 6.61 Å². The number of hydrogen-bond donors (Lipinski definition) is 1. The third-order valence-corrected chi connectivity index (χ3v) is 4.15. The van der Waals surface area contributed by atoms with Crippen LogP contribution in [0, 0.1) is 0 Å². The minimum Gasteiger partial charge on any atom is -0.466 e. The van der Waals surface area contributed by atoms with Gasteiger partial charge < -0.3 is 14.6 Å². The second-order valence-corrected chi connectivity index (χ2v) is 7.29. The normalized spacial score (nSPS) is 11.9. The Balaban J connectivity index is 3.88. The lowest BCUT2D eigenvalue weighted by Crippen LogP contribution is -2.11. The van der Waals surface area contributed by atoms with Gasteiger partial charge in [0.25, 0.3) is 0 Å². The highest BCUT2D eigenvalue weighted by Gasteiger charge is 2.08. The lowest BCUT2D eigenvalue weighted by atomic mass is 10.1. The van der Waals surface area contributed by atoms with Crippen molar-refractivity contribution >= 4 is 11.9 Å². The average molecular weight is 395 g/mol. The molecule has 0 aliphatic carbocycles. The molecule has 0 atom stereocenters. The number of unbranched alkanes of at least 4 members (excludes halogenated alkanes) is 1. The Morgan fingerprint density at radius 3 is 1.93 bits per heavy atom. The van der Waals surface area contributed by atoms with Crippen molar-refractivity contribution in [1.82, 2.24) is 0 Å². The van der Waals surface area contributed by atoms with E-state index in [9.17, 15) is 9.59 Å². The summed E-state index contributed by atoms with van der Waals surface area (Å²) >= 11 is 0. The summed E-state index contributed by atoms with van der Waals surface area (Å²) < 4.78 is 10.1. The van der Waals surface area contributed by atoms with Crippen molar-refractivity contribution in [2.45, 2.75) is 79.1 Å². The number of ether oxygens (including phenoxy) is 2. The summed E-state index contributed by atoms with van der Waals surface area (Å²) in [6, 6.07) is 0. The van der Waals surface area contributed by atoms with Crippen LogP contribution in [0.4, 0.5) is 0 Å². The van der Waals surface area contributed by atoms with E-state index in [-0.39, 0.29) is 32.7 Å². The van der Waals surface area contributed by atoms with Gasteiger partial charge in [-0.15, -0.1) is 0 Å². The van der Waals surface area contributed by atoms with Crippen LogP contribution in [0.2, 0.25) is 0 Å². The molecule has 5 heteroatoms. The van der Waals surface area contributed by atoms with E-state index < -0.39 is 11.9 Å². The summed E-state index contributed by atoms with van der Waals surface area (Å²) in [5.41, 5.74) is 3.94. The van der Waals surface area contributed by atoms with E-state index in [0.29, 0.717) is 12.8 Å². The third-order valence-electron chi connectivity index (χ3n) is 4.15. The van der Waals surface area contributed by atoms with E-state index >= 15 is 0 Å². The van der Waals surface area contributed by atoms with E-state index in [1.165, 1.54) is 16.7 Å². The van der Waals surface area contributed by atoms with Crippen LogP contribution in [0.3, 0.4) is 0 Å². The van der Waals surface area contributed by atoms with Crippen LogP contribution in [0.15, 0.2) is 34.9 Å². The van der Waals surface area contributed by atoms with Crippen LogP contribution in [-0.4, -0.2) is 36.9 Å². The summed E-state index contributed by atoms with van der Waals surface area (Å²) in [6.45, 7) is 9.03. The van der Waals surface area contributed by atoms with Gasteiger partial charge in [0, 0.05) is 6.61 Å². The molecule has 0 aliphatic heterocycles. The maximum atomic E-state index is 11.7. The molecule has 0 radical (unpaired) electrons. The van der Waals surface area contributed by atoms with Gasteiger partial charge in [-0.3, -0.25) is 9.59 Å². The zero-order valence-electron chi connectivity index (χ0n) is 18.1. The molecule has 0 amide bonds. The monoisotopic (exact) mass is 394 g/mol. The fraction of sp³-hybridized carbons (Fsp3) is 0.652. The van der Waals surface area contributed by atoms with E-state index in [2.05, 4.69) is 32.9 Å². The van der Waals surface area contributed by atoms with Crippen LogP contribution in [0.1, 0.15) is 79.1 Å². The molecule has 0 aromatic carbocycles. The molecule has 0 aromatic heterocycles. The molecule has 5 nitrogen and oxygen atoms in total. The highest BCUT2D eigenvalue weighted by molar-refractivity contribution is 5.77. The first-order valence-corrected chi connectivity index (χ1v) is 10.2. The molecular weight excluding hydrogens is 356 g/mol. The summed E-state index contributed by atoms with van der Waals surface area (Å²) in [5.74, 6) is -0.806. The highest BCUT2D eigenvalue weighted by atomic mass is 16.5. The lowest BCUT2D eigenvalue weighted by Gasteiger charge is -2.05. The number of carbonyl (C=O) groups is 2. The zero-order valence-corrected chi connectivity index (χ0v) is 18.1. The Labute approximate surface area is 170 Å². The van der Waals surface area contributed by atoms with Crippen molar-refractivity contribution in [3.63, 3.8) is 0 Å². The van der Waals surface area contributed by atoms with Gasteiger partial charge >= 0.3 is 11.9 Å². The summed E-state index contributed by atoms with van der Waals surface area (Å²) in [6.07, 6.45) is 11.8. The molecule has 0 saturated carbocycles. The molecule has 28 heavy (non-hydrogen) atoms. The lowest BCUT2D eigenvalue weighted by molar-refractivity contribution is -0.149. The summed E-state index contributed by atoms with van der Waals surface area (Å²) in [4.78, 5) is 23.1. The van der Waals surface area contributed by atoms with Gasteiger partial charge in [0.15, 0.2) is 0 Å². The first kappa shape index (κ1) is 26.1. The van der Waals surface area contributed by atoms with Crippen LogP contribution in [-0.2, 0) is 19.1 Å². The van der Waals surface area contributed by atoms with Crippen molar-refractivity contribution in [2.75, 3.05) is 19.8 Å². The molecular formula is C23H38O5. The molecule has 0 aliphatic rings. The predicted molar refractivity (Wildman–Crippen MR) is 113 cm³/mol. The highest BCUT2D eigenvalue weighted by Crippen LogP contribution is 2.11. The number of allylic oxidation sites excluding steroid dienone is 5. The van der Waals surface area contributed by atoms with Gasteiger partial charge in [-0.25, -0.2) is 0 Å². The Hall–Kier alpha value is -1.88. The summed E-state index contributed by atoms with van der Waals surface area (Å²) in [7, 11) is 0. The van der Waals surface area contributed by atoms with Gasteiger partial charge in [0.05, 0.1) is 19.4 Å². The second-order valence-electron chi connectivity index (χ2n) is 7.29. The topological polar surface area (TPSA) is 72.8 Å². The Morgan fingerprint density at radius 1 is 0.750 bits per heavy atom. The molecule has 0 bridgehead atoms. The molecule has 160 valence electrons. The van der Waals surface area contributed by atoms with Crippen molar-refractivity contribution in [2.24, 2.45) is 0 Å². The predicted octanol–water partition coefficient (Wildman–Crippen LogP) is 5.04. The largest absolute Gasteiger partial charge is 0.466 e. The van der Waals surface area contributed by atoms with E-state index in [1.807, 2.05) is 13.0 Å². The van der Waals surface area contributed by atoms with Crippen molar-refractivity contribution in [3.05, 3.63) is 34.9 Å². The van der Waals surface area contributed by atoms with Crippen LogP contribution in [0.25, 0.3) is 0 Å². The Bertz CT molecular complexity index is 539. The molecule has 0 fully saturated rings. The third kappa shape index (κ3) is 17.5. The SMILES string of the molecule is CC(C)=CCCC(C)=CCCC(C)=CCOC(=O)CCC(=O)OCCCCO. The molecule has 0 heterocycles. The number of rotatable bonds is 15. The maximum absolute atomic E-state index is 11.7. The first-order chi connectivity index (χ1) is 13.3. The Kier molecular flexibility index (Phi) is 16.1. The van der Waals surface area contributed by atoms with E-state index in [1.54, 1.807) is 0 Å². The standard InChI is InChI=1S/C23H38O5/c1-19(2)9-7-10-20(3)11-8-12-21(4)15-18-28-23(26)14-13-22(25)27-17-6-5-16-24/h9,11,15,24H,5-8,10,12-14,16-18H2,1-4H3. The van der Waals surface area contributed by atoms with Crippen LogP contribution >= 0.6 is 0 Å². The Morgan fingerprint density at radius 2 is 1.32 bits per heavy atom. The minimum atomic E-state index is -0.409. The average Bonchev–Trinajstić information content (AvgIpc) is 2.63. The van der Waals surface area contributed by atoms with Crippen LogP contribution in [0.5, 0.6) is 0 Å². The number of aliphatic hydroxyl groups is 1. The second kappa shape index (κ2) is 17.2. The molecule has 0 aromatic rings. The van der Waals surface area contributed by atoms with Crippen LogP contribution < -0.4 is 0 Å². The quantitative estimate of drug-likeness (QED) is 0.239. The van der Waals surface area contributed by atoms with Gasteiger partial charge in [0.2, 0.25) is 0 Å².